The molecule has 0 aliphatic rings. The van der Waals surface area contributed by atoms with Gasteiger partial charge < -0.3 is 15.5 Å². The minimum atomic E-state index is -0.280. The average molecular weight is 511 g/mol. The van der Waals surface area contributed by atoms with E-state index in [1.54, 1.807) is 12.1 Å². The third-order valence-corrected chi connectivity index (χ3v) is 6.26. The molecule has 1 aromatic carbocycles. The zero-order valence-corrected chi connectivity index (χ0v) is 21.3. The van der Waals surface area contributed by atoms with Crippen molar-refractivity contribution in [2.45, 2.75) is 102 Å². The second-order valence-electron chi connectivity index (χ2n) is 8.69. The van der Waals surface area contributed by atoms with Crippen molar-refractivity contribution in [3.05, 3.63) is 42.0 Å². The van der Waals surface area contributed by atoms with Gasteiger partial charge in [-0.25, -0.2) is 0 Å². The summed E-state index contributed by atoms with van der Waals surface area (Å²) in [4.78, 5) is 12.1. The molecule has 3 N–H and O–H groups in total. The fourth-order valence-electron chi connectivity index (χ4n) is 3.76. The van der Waals surface area contributed by atoms with Gasteiger partial charge in [0.15, 0.2) is 0 Å². The SMILES string of the molecule is O=C(CCCCCCC/C=C\CCCCCCCCBr)N[C@H](CO)Cc1ccc(O)cc1. The summed E-state index contributed by atoms with van der Waals surface area (Å²) in [7, 11) is 0. The highest BCUT2D eigenvalue weighted by atomic mass is 79.9. The highest BCUT2D eigenvalue weighted by Crippen LogP contribution is 2.12. The number of phenolic OH excluding ortho intramolecular Hbond substituents is 1. The van der Waals surface area contributed by atoms with Crippen LogP contribution < -0.4 is 5.32 Å². The van der Waals surface area contributed by atoms with Gasteiger partial charge in [-0.05, 0) is 62.6 Å². The lowest BCUT2D eigenvalue weighted by Crippen LogP contribution is -2.38. The zero-order valence-electron chi connectivity index (χ0n) is 19.7. The monoisotopic (exact) mass is 509 g/mol. The van der Waals surface area contributed by atoms with E-state index in [0.29, 0.717) is 12.8 Å². The molecule has 0 saturated heterocycles. The molecule has 0 aliphatic carbocycles. The number of carbonyl (C=O) groups is 1. The maximum absolute atomic E-state index is 12.1. The second kappa shape index (κ2) is 20.3. The van der Waals surface area contributed by atoms with Gasteiger partial charge in [0, 0.05) is 11.8 Å². The van der Waals surface area contributed by atoms with Crippen molar-refractivity contribution in [2.75, 3.05) is 11.9 Å². The number of amides is 1. The first-order valence-electron chi connectivity index (χ1n) is 12.5. The number of aliphatic hydroxyl groups is 1. The van der Waals surface area contributed by atoms with Gasteiger partial charge in [0.2, 0.25) is 5.91 Å². The van der Waals surface area contributed by atoms with Crippen LogP contribution in [0.2, 0.25) is 0 Å². The molecule has 0 fully saturated rings. The molecule has 1 amide bonds. The van der Waals surface area contributed by atoms with Crippen LogP contribution in [-0.4, -0.2) is 34.1 Å². The standard InChI is InChI=1S/C27H44BrNO3/c28-21-15-13-11-9-7-5-3-1-2-4-6-8-10-12-14-16-27(32)29-25(23-30)22-24-17-19-26(31)20-18-24/h1-2,17-20,25,30-31H,3-16,21-23H2,(H,29,32)/b2-1-/t25-/m0/s1. The number of unbranched alkanes of at least 4 members (excludes halogenated alkanes) is 11. The molecular weight excluding hydrogens is 466 g/mol. The molecule has 5 heteroatoms. The number of benzene rings is 1. The van der Waals surface area contributed by atoms with Crippen LogP contribution >= 0.6 is 15.9 Å². The Labute approximate surface area is 204 Å². The van der Waals surface area contributed by atoms with Crippen molar-refractivity contribution in [1.82, 2.24) is 5.32 Å². The number of carbonyl (C=O) groups excluding carboxylic acids is 1. The number of allylic oxidation sites excluding steroid dienone is 2. The van der Waals surface area contributed by atoms with E-state index in [0.717, 1.165) is 23.7 Å². The Bertz CT molecular complexity index is 603. The molecule has 4 nitrogen and oxygen atoms in total. The summed E-state index contributed by atoms with van der Waals surface area (Å²) in [6, 6.07) is 6.59. The van der Waals surface area contributed by atoms with Gasteiger partial charge in [-0.3, -0.25) is 4.79 Å². The molecule has 1 aromatic rings. The molecule has 0 spiro atoms. The number of aliphatic hydroxyl groups excluding tert-OH is 1. The van der Waals surface area contributed by atoms with Gasteiger partial charge in [0.05, 0.1) is 12.6 Å². The van der Waals surface area contributed by atoms with Gasteiger partial charge in [-0.1, -0.05) is 85.2 Å². The number of phenols is 1. The lowest BCUT2D eigenvalue weighted by atomic mass is 10.1. The molecule has 0 unspecified atom stereocenters. The second-order valence-corrected chi connectivity index (χ2v) is 9.49. The van der Waals surface area contributed by atoms with Crippen molar-refractivity contribution < 1.29 is 15.0 Å². The fraction of sp³-hybridized carbons (Fsp3) is 0.667. The number of hydrogen-bond donors (Lipinski definition) is 3. The smallest absolute Gasteiger partial charge is 0.220 e. The molecule has 0 radical (unpaired) electrons. The van der Waals surface area contributed by atoms with E-state index in [4.69, 9.17) is 0 Å². The highest BCUT2D eigenvalue weighted by molar-refractivity contribution is 9.09. The predicted molar refractivity (Wildman–Crippen MR) is 138 cm³/mol. The van der Waals surface area contributed by atoms with Gasteiger partial charge in [0.1, 0.15) is 5.75 Å². The van der Waals surface area contributed by atoms with Crippen LogP contribution in [0.25, 0.3) is 0 Å². The molecule has 0 heterocycles. The van der Waals surface area contributed by atoms with Crippen LogP contribution in [0.5, 0.6) is 5.75 Å². The summed E-state index contributed by atoms with van der Waals surface area (Å²) in [6.07, 6.45) is 21.8. The summed E-state index contributed by atoms with van der Waals surface area (Å²) in [5, 5.41) is 22.9. The van der Waals surface area contributed by atoms with Gasteiger partial charge in [-0.15, -0.1) is 0 Å². The van der Waals surface area contributed by atoms with E-state index in [-0.39, 0.29) is 24.3 Å². The average Bonchev–Trinajstić information content (AvgIpc) is 2.79. The minimum absolute atomic E-state index is 0.00822. The largest absolute Gasteiger partial charge is 0.508 e. The van der Waals surface area contributed by atoms with E-state index in [1.807, 2.05) is 12.1 Å². The molecular formula is C27H44BrNO3. The Balaban J connectivity index is 1.94. The topological polar surface area (TPSA) is 69.6 Å². The summed E-state index contributed by atoms with van der Waals surface area (Å²) in [5.41, 5.74) is 0.983. The predicted octanol–water partition coefficient (Wildman–Crippen LogP) is 6.82. The summed E-state index contributed by atoms with van der Waals surface area (Å²) >= 11 is 3.48. The van der Waals surface area contributed by atoms with Crippen molar-refractivity contribution in [3.63, 3.8) is 0 Å². The van der Waals surface area contributed by atoms with Crippen molar-refractivity contribution in [1.29, 1.82) is 0 Å². The molecule has 1 atom stereocenters. The van der Waals surface area contributed by atoms with Gasteiger partial charge in [0.25, 0.3) is 0 Å². The van der Waals surface area contributed by atoms with E-state index in [9.17, 15) is 15.0 Å². The van der Waals surface area contributed by atoms with E-state index in [2.05, 4.69) is 33.4 Å². The zero-order chi connectivity index (χ0) is 23.3. The minimum Gasteiger partial charge on any atom is -0.508 e. The first-order chi connectivity index (χ1) is 15.7. The lowest BCUT2D eigenvalue weighted by Gasteiger charge is -2.16. The van der Waals surface area contributed by atoms with Gasteiger partial charge in [-0.2, -0.15) is 0 Å². The quantitative estimate of drug-likeness (QED) is 0.102. The normalized spacial score (nSPS) is 12.3. The van der Waals surface area contributed by atoms with Crippen LogP contribution in [0.3, 0.4) is 0 Å². The molecule has 32 heavy (non-hydrogen) atoms. The van der Waals surface area contributed by atoms with E-state index in [1.165, 1.54) is 70.6 Å². The van der Waals surface area contributed by atoms with Crippen molar-refractivity contribution in [2.24, 2.45) is 0 Å². The Morgan fingerprint density at radius 2 is 1.38 bits per heavy atom. The fourth-order valence-corrected chi connectivity index (χ4v) is 4.15. The maximum atomic E-state index is 12.1. The number of nitrogens with one attached hydrogen (secondary N) is 1. The van der Waals surface area contributed by atoms with E-state index >= 15 is 0 Å². The lowest BCUT2D eigenvalue weighted by molar-refractivity contribution is -0.122. The van der Waals surface area contributed by atoms with Crippen LogP contribution in [0.4, 0.5) is 0 Å². The Morgan fingerprint density at radius 1 is 0.844 bits per heavy atom. The molecule has 0 aliphatic heterocycles. The van der Waals surface area contributed by atoms with Crippen LogP contribution in [-0.2, 0) is 11.2 Å². The summed E-state index contributed by atoms with van der Waals surface area (Å²) in [5.74, 6) is 0.227. The highest BCUT2D eigenvalue weighted by Gasteiger charge is 2.12. The van der Waals surface area contributed by atoms with Crippen LogP contribution in [0.15, 0.2) is 36.4 Å². The van der Waals surface area contributed by atoms with E-state index < -0.39 is 0 Å². The molecule has 0 saturated carbocycles. The Morgan fingerprint density at radius 3 is 1.94 bits per heavy atom. The summed E-state index contributed by atoms with van der Waals surface area (Å²) < 4.78 is 0. The Kier molecular flexibility index (Phi) is 18.2. The molecule has 0 aromatic heterocycles. The molecule has 1 rings (SSSR count). The maximum Gasteiger partial charge on any atom is 0.220 e. The third kappa shape index (κ3) is 16.3. The van der Waals surface area contributed by atoms with Crippen molar-refractivity contribution in [3.8, 4) is 5.75 Å². The summed E-state index contributed by atoms with van der Waals surface area (Å²) in [6.45, 7) is -0.0858. The van der Waals surface area contributed by atoms with Crippen LogP contribution in [0, 0.1) is 0 Å². The molecule has 182 valence electrons. The Hall–Kier alpha value is -1.33. The first kappa shape index (κ1) is 28.7. The van der Waals surface area contributed by atoms with Gasteiger partial charge >= 0.3 is 0 Å². The van der Waals surface area contributed by atoms with Crippen LogP contribution in [0.1, 0.15) is 95.5 Å². The number of hydrogen-bond acceptors (Lipinski definition) is 3. The number of rotatable bonds is 20. The third-order valence-electron chi connectivity index (χ3n) is 5.70. The molecule has 0 bridgehead atoms. The number of halogens is 1. The number of aromatic hydroxyl groups is 1. The first-order valence-corrected chi connectivity index (χ1v) is 13.7. The van der Waals surface area contributed by atoms with Crippen molar-refractivity contribution >= 4 is 21.8 Å². The number of alkyl halides is 1.